The first-order valence-corrected chi connectivity index (χ1v) is 8.82. The van der Waals surface area contributed by atoms with Crippen LogP contribution in [0.4, 0.5) is 0 Å². The molecule has 0 bridgehead atoms. The maximum absolute atomic E-state index is 4.81. The molecule has 1 aromatic heterocycles. The average molecular weight is 295 g/mol. The van der Waals surface area contributed by atoms with Gasteiger partial charge in [0, 0.05) is 23.9 Å². The molecule has 0 amide bonds. The minimum atomic E-state index is -0.125. The largest absolute Gasteiger partial charge is 0.354 e. The van der Waals surface area contributed by atoms with Crippen LogP contribution < -0.4 is 5.32 Å². The first kappa shape index (κ1) is 13.4. The van der Waals surface area contributed by atoms with E-state index < -0.39 is 0 Å². The molecular weight excluding hydrogens is 274 g/mol. The Labute approximate surface area is 123 Å². The van der Waals surface area contributed by atoms with Gasteiger partial charge in [0.05, 0.1) is 5.54 Å². The second kappa shape index (κ2) is 5.09. The number of hydrogen-bond acceptors (Lipinski definition) is 5. The first-order chi connectivity index (χ1) is 9.10. The normalized spacial score (nSPS) is 22.5. The second-order valence-corrected chi connectivity index (χ2v) is 8.06. The van der Waals surface area contributed by atoms with Gasteiger partial charge in [0.2, 0.25) is 0 Å². The number of hydrogen-bond donors (Lipinski definition) is 1. The lowest BCUT2D eigenvalue weighted by molar-refractivity contribution is 0.356. The van der Waals surface area contributed by atoms with E-state index in [9.17, 15) is 0 Å². The molecule has 0 atom stereocenters. The molecule has 2 aliphatic rings. The Morgan fingerprint density at radius 2 is 2.11 bits per heavy atom. The third-order valence-corrected chi connectivity index (χ3v) is 6.48. The fourth-order valence-electron chi connectivity index (χ4n) is 2.91. The van der Waals surface area contributed by atoms with Gasteiger partial charge in [-0.05, 0) is 32.1 Å². The summed E-state index contributed by atoms with van der Waals surface area (Å²) in [6, 6.07) is 0. The van der Waals surface area contributed by atoms with Crippen LogP contribution in [0.1, 0.15) is 44.5 Å². The summed E-state index contributed by atoms with van der Waals surface area (Å²) >= 11 is 3.60. The smallest absolute Gasteiger partial charge is 0.157 e. The van der Waals surface area contributed by atoms with Crippen molar-refractivity contribution in [3.05, 3.63) is 16.6 Å². The van der Waals surface area contributed by atoms with Gasteiger partial charge in [-0.15, -0.1) is 11.3 Å². The summed E-state index contributed by atoms with van der Waals surface area (Å²) in [5.74, 6) is 1.23. The zero-order valence-corrected chi connectivity index (χ0v) is 13.2. The molecule has 0 aromatic carbocycles. The van der Waals surface area contributed by atoms with Crippen LogP contribution in [0.3, 0.4) is 0 Å². The van der Waals surface area contributed by atoms with Crippen molar-refractivity contribution in [3.8, 4) is 0 Å². The zero-order chi connectivity index (χ0) is 13.3. The molecule has 19 heavy (non-hydrogen) atoms. The van der Waals surface area contributed by atoms with Crippen LogP contribution in [0.25, 0.3) is 0 Å². The number of rotatable bonds is 2. The van der Waals surface area contributed by atoms with Crippen LogP contribution in [0, 0.1) is 5.41 Å². The SMILES string of the molecule is CC(C)(NC1=NCC2(CCCC2)CS1)c1nccs1. The van der Waals surface area contributed by atoms with Crippen molar-refractivity contribution < 1.29 is 0 Å². The van der Waals surface area contributed by atoms with E-state index in [2.05, 4.69) is 24.1 Å². The number of amidine groups is 1. The quantitative estimate of drug-likeness (QED) is 0.905. The summed E-state index contributed by atoms with van der Waals surface area (Å²) in [4.78, 5) is 9.22. The molecule has 3 nitrogen and oxygen atoms in total. The van der Waals surface area contributed by atoms with Gasteiger partial charge in [0.25, 0.3) is 0 Å². The van der Waals surface area contributed by atoms with Crippen LogP contribution >= 0.6 is 23.1 Å². The summed E-state index contributed by atoms with van der Waals surface area (Å²) in [5.41, 5.74) is 0.390. The lowest BCUT2D eigenvalue weighted by Gasteiger charge is -2.34. The lowest BCUT2D eigenvalue weighted by atomic mass is 9.89. The van der Waals surface area contributed by atoms with Gasteiger partial charge in [-0.3, -0.25) is 4.99 Å². The fourth-order valence-corrected chi connectivity index (χ4v) is 4.93. The highest BCUT2D eigenvalue weighted by molar-refractivity contribution is 8.13. The summed E-state index contributed by atoms with van der Waals surface area (Å²) < 4.78 is 0. The Morgan fingerprint density at radius 3 is 2.68 bits per heavy atom. The molecule has 1 aliphatic heterocycles. The van der Waals surface area contributed by atoms with Gasteiger partial charge >= 0.3 is 0 Å². The van der Waals surface area contributed by atoms with Gasteiger partial charge in [-0.25, -0.2) is 4.98 Å². The maximum atomic E-state index is 4.81. The number of thioether (sulfide) groups is 1. The minimum Gasteiger partial charge on any atom is -0.354 e. The molecule has 3 rings (SSSR count). The van der Waals surface area contributed by atoms with E-state index in [0.29, 0.717) is 5.41 Å². The van der Waals surface area contributed by atoms with E-state index >= 15 is 0 Å². The van der Waals surface area contributed by atoms with Crippen molar-refractivity contribution in [2.75, 3.05) is 12.3 Å². The standard InChI is InChI=1S/C14H21N3S2/c1-13(2,11-15-7-8-18-11)17-12-16-9-14(10-19-12)5-3-4-6-14/h7-8H,3-6,9-10H2,1-2H3,(H,16,17). The van der Waals surface area contributed by atoms with Crippen molar-refractivity contribution in [1.29, 1.82) is 0 Å². The van der Waals surface area contributed by atoms with Gasteiger partial charge in [-0.1, -0.05) is 24.6 Å². The van der Waals surface area contributed by atoms with Crippen LogP contribution in [0.2, 0.25) is 0 Å². The van der Waals surface area contributed by atoms with Crippen molar-refractivity contribution in [2.24, 2.45) is 10.4 Å². The Bertz CT molecular complexity index is 459. The molecule has 104 valence electrons. The van der Waals surface area contributed by atoms with Gasteiger partial charge in [0.1, 0.15) is 5.01 Å². The van der Waals surface area contributed by atoms with Gasteiger partial charge < -0.3 is 5.32 Å². The zero-order valence-electron chi connectivity index (χ0n) is 11.6. The molecule has 0 radical (unpaired) electrons. The van der Waals surface area contributed by atoms with E-state index in [4.69, 9.17) is 4.99 Å². The Hall–Kier alpha value is -0.550. The minimum absolute atomic E-state index is 0.125. The van der Waals surface area contributed by atoms with Crippen molar-refractivity contribution >= 4 is 28.3 Å². The first-order valence-electron chi connectivity index (χ1n) is 6.95. The molecule has 1 N–H and O–H groups in total. The highest BCUT2D eigenvalue weighted by Gasteiger charge is 2.37. The van der Waals surface area contributed by atoms with Crippen molar-refractivity contribution in [1.82, 2.24) is 10.3 Å². The molecule has 1 aliphatic carbocycles. The monoisotopic (exact) mass is 295 g/mol. The highest BCUT2D eigenvalue weighted by atomic mass is 32.2. The van der Waals surface area contributed by atoms with Crippen molar-refractivity contribution in [2.45, 2.75) is 45.1 Å². The molecule has 1 aromatic rings. The number of thiazole rings is 1. The third-order valence-electron chi connectivity index (χ3n) is 4.12. The van der Waals surface area contributed by atoms with E-state index in [1.54, 1.807) is 11.3 Å². The van der Waals surface area contributed by atoms with Crippen molar-refractivity contribution in [3.63, 3.8) is 0 Å². The average Bonchev–Trinajstić information content (AvgIpc) is 3.05. The van der Waals surface area contributed by atoms with Crippen LogP contribution in [-0.2, 0) is 5.54 Å². The molecule has 1 spiro atoms. The number of aromatic nitrogens is 1. The number of aliphatic imine (C=N–C) groups is 1. The van der Waals surface area contributed by atoms with E-state index in [0.717, 1.165) is 16.7 Å². The van der Waals surface area contributed by atoms with Crippen LogP contribution in [0.5, 0.6) is 0 Å². The Kier molecular flexibility index (Phi) is 3.60. The maximum Gasteiger partial charge on any atom is 0.157 e. The summed E-state index contributed by atoms with van der Waals surface area (Å²) in [5, 5.41) is 7.81. The Balaban J connectivity index is 1.66. The second-order valence-electron chi connectivity index (χ2n) is 6.20. The molecule has 1 fully saturated rings. The predicted molar refractivity (Wildman–Crippen MR) is 83.9 cm³/mol. The number of nitrogens with one attached hydrogen (secondary N) is 1. The molecule has 2 heterocycles. The summed E-state index contributed by atoms with van der Waals surface area (Å²) in [6.07, 6.45) is 7.39. The van der Waals surface area contributed by atoms with Gasteiger partial charge in [-0.2, -0.15) is 0 Å². The molecule has 1 saturated carbocycles. The third kappa shape index (κ3) is 2.82. The molecule has 0 unspecified atom stereocenters. The summed E-state index contributed by atoms with van der Waals surface area (Å²) in [7, 11) is 0. The number of nitrogens with zero attached hydrogens (tertiary/aromatic N) is 2. The van der Waals surface area contributed by atoms with E-state index in [1.807, 2.05) is 23.3 Å². The fraction of sp³-hybridized carbons (Fsp3) is 0.714. The molecular formula is C14H21N3S2. The van der Waals surface area contributed by atoms with Crippen LogP contribution in [0.15, 0.2) is 16.6 Å². The topological polar surface area (TPSA) is 37.3 Å². The highest BCUT2D eigenvalue weighted by Crippen LogP contribution is 2.43. The van der Waals surface area contributed by atoms with Crippen LogP contribution in [-0.4, -0.2) is 22.4 Å². The molecule has 5 heteroatoms. The Morgan fingerprint density at radius 1 is 1.32 bits per heavy atom. The van der Waals surface area contributed by atoms with Gasteiger partial charge in [0.15, 0.2) is 5.17 Å². The van der Waals surface area contributed by atoms with E-state index in [-0.39, 0.29) is 5.54 Å². The summed E-state index contributed by atoms with van der Waals surface area (Å²) in [6.45, 7) is 5.36. The van der Waals surface area contributed by atoms with E-state index in [1.165, 1.54) is 31.4 Å². The predicted octanol–water partition coefficient (Wildman–Crippen LogP) is 3.63. The molecule has 0 saturated heterocycles. The lowest BCUT2D eigenvalue weighted by Crippen LogP contribution is -2.42.